The maximum atomic E-state index is 13.0. The van der Waals surface area contributed by atoms with Crippen LogP contribution in [-0.4, -0.2) is 47.9 Å². The lowest BCUT2D eigenvalue weighted by Gasteiger charge is -2.35. The Kier molecular flexibility index (Phi) is 5.24. The van der Waals surface area contributed by atoms with Crippen LogP contribution >= 0.6 is 0 Å². The number of anilines is 2. The molecule has 2 aromatic heterocycles. The van der Waals surface area contributed by atoms with Crippen LogP contribution in [0.25, 0.3) is 0 Å². The summed E-state index contributed by atoms with van der Waals surface area (Å²) in [5.74, 6) is -0.524. The first-order chi connectivity index (χ1) is 14.1. The van der Waals surface area contributed by atoms with Crippen molar-refractivity contribution in [3.05, 3.63) is 78.3 Å². The highest BCUT2D eigenvalue weighted by Gasteiger charge is 2.24. The lowest BCUT2D eigenvalue weighted by Crippen LogP contribution is -2.48. The van der Waals surface area contributed by atoms with Gasteiger partial charge in [-0.05, 0) is 48.5 Å². The molecular weight excluding hydrogens is 375 g/mol. The Hall–Kier alpha value is -3.68. The van der Waals surface area contributed by atoms with E-state index in [0.717, 1.165) is 5.69 Å². The normalized spacial score (nSPS) is 14.0. The second-order valence-electron chi connectivity index (χ2n) is 6.62. The molecule has 0 aliphatic carbocycles. The fourth-order valence-corrected chi connectivity index (χ4v) is 3.19. The number of hydrogen-bond acceptors (Lipinski definition) is 5. The predicted molar refractivity (Wildman–Crippen MR) is 105 cm³/mol. The molecule has 0 bridgehead atoms. The van der Waals surface area contributed by atoms with E-state index in [-0.39, 0.29) is 23.3 Å². The Morgan fingerprint density at radius 2 is 1.79 bits per heavy atom. The van der Waals surface area contributed by atoms with Gasteiger partial charge in [0.15, 0.2) is 5.76 Å². The van der Waals surface area contributed by atoms with Gasteiger partial charge < -0.3 is 19.5 Å². The molecule has 4 rings (SSSR count). The van der Waals surface area contributed by atoms with E-state index >= 15 is 0 Å². The molecule has 3 aromatic rings. The summed E-state index contributed by atoms with van der Waals surface area (Å²) in [6, 6.07) is 12.4. The molecule has 148 valence electrons. The third-order valence-corrected chi connectivity index (χ3v) is 4.74. The van der Waals surface area contributed by atoms with Crippen LogP contribution in [0.4, 0.5) is 15.8 Å². The quantitative estimate of drug-likeness (QED) is 0.736. The standard InChI is InChI=1S/C21H19FN4O3/c22-15-3-5-16(6-4-15)24-20(27)18-14-17(7-8-23-18)25-9-11-26(12-10-25)21(28)19-2-1-13-29-19/h1-8,13-14H,9-12H2,(H,24,27). The molecule has 1 aromatic carbocycles. The minimum Gasteiger partial charge on any atom is -0.459 e. The van der Waals surface area contributed by atoms with Gasteiger partial charge >= 0.3 is 0 Å². The minimum atomic E-state index is -0.370. The average molecular weight is 394 g/mol. The van der Waals surface area contributed by atoms with E-state index in [1.165, 1.54) is 30.5 Å². The van der Waals surface area contributed by atoms with Crippen LogP contribution in [0.1, 0.15) is 21.0 Å². The summed E-state index contributed by atoms with van der Waals surface area (Å²) in [4.78, 5) is 32.8. The Bertz CT molecular complexity index is 997. The highest BCUT2D eigenvalue weighted by molar-refractivity contribution is 6.03. The lowest BCUT2D eigenvalue weighted by atomic mass is 10.2. The summed E-state index contributed by atoms with van der Waals surface area (Å²) >= 11 is 0. The molecule has 7 nitrogen and oxygen atoms in total. The second-order valence-corrected chi connectivity index (χ2v) is 6.62. The number of rotatable bonds is 4. The van der Waals surface area contributed by atoms with Crippen molar-refractivity contribution in [1.29, 1.82) is 0 Å². The molecule has 1 N–H and O–H groups in total. The van der Waals surface area contributed by atoms with Crippen molar-refractivity contribution in [2.45, 2.75) is 0 Å². The van der Waals surface area contributed by atoms with Gasteiger partial charge in [0.2, 0.25) is 0 Å². The number of nitrogens with zero attached hydrogens (tertiary/aromatic N) is 3. The fourth-order valence-electron chi connectivity index (χ4n) is 3.19. The van der Waals surface area contributed by atoms with Gasteiger partial charge in [-0.25, -0.2) is 4.39 Å². The largest absolute Gasteiger partial charge is 0.459 e. The summed E-state index contributed by atoms with van der Waals surface area (Å²) in [5, 5.41) is 2.70. The molecule has 0 spiro atoms. The number of piperazine rings is 1. The summed E-state index contributed by atoms with van der Waals surface area (Å²) in [5.41, 5.74) is 1.61. The van der Waals surface area contributed by atoms with E-state index < -0.39 is 0 Å². The van der Waals surface area contributed by atoms with E-state index in [2.05, 4.69) is 15.2 Å². The monoisotopic (exact) mass is 394 g/mol. The Labute approximate surface area is 166 Å². The van der Waals surface area contributed by atoms with Crippen molar-refractivity contribution in [1.82, 2.24) is 9.88 Å². The van der Waals surface area contributed by atoms with Crippen LogP contribution < -0.4 is 10.2 Å². The fraction of sp³-hybridized carbons (Fsp3) is 0.190. The number of benzene rings is 1. The number of nitrogens with one attached hydrogen (secondary N) is 1. The molecule has 0 unspecified atom stereocenters. The number of aromatic nitrogens is 1. The number of carbonyl (C=O) groups excluding carboxylic acids is 2. The molecular formula is C21H19FN4O3. The number of carbonyl (C=O) groups is 2. The number of amides is 2. The number of hydrogen-bond donors (Lipinski definition) is 1. The van der Waals surface area contributed by atoms with E-state index in [0.29, 0.717) is 37.6 Å². The molecule has 0 atom stereocenters. The average Bonchev–Trinajstić information content (AvgIpc) is 3.30. The van der Waals surface area contributed by atoms with Crippen LogP contribution in [0.5, 0.6) is 0 Å². The van der Waals surface area contributed by atoms with Crippen molar-refractivity contribution < 1.29 is 18.4 Å². The highest BCUT2D eigenvalue weighted by Crippen LogP contribution is 2.19. The summed E-state index contributed by atoms with van der Waals surface area (Å²) < 4.78 is 18.2. The predicted octanol–water partition coefficient (Wildman–Crippen LogP) is 3.03. The van der Waals surface area contributed by atoms with E-state index in [1.54, 1.807) is 29.3 Å². The van der Waals surface area contributed by atoms with Gasteiger partial charge in [0.1, 0.15) is 11.5 Å². The first-order valence-corrected chi connectivity index (χ1v) is 9.21. The third-order valence-electron chi connectivity index (χ3n) is 4.74. The zero-order valence-electron chi connectivity index (χ0n) is 15.5. The molecule has 8 heteroatoms. The second kappa shape index (κ2) is 8.14. The molecule has 0 radical (unpaired) electrons. The smallest absolute Gasteiger partial charge is 0.289 e. The number of pyridine rings is 1. The van der Waals surface area contributed by atoms with Crippen molar-refractivity contribution >= 4 is 23.2 Å². The minimum absolute atomic E-state index is 0.122. The zero-order valence-corrected chi connectivity index (χ0v) is 15.5. The molecule has 1 saturated heterocycles. The van der Waals surface area contributed by atoms with Gasteiger partial charge in [0, 0.05) is 43.8 Å². The number of furan rings is 1. The third kappa shape index (κ3) is 4.26. The summed E-state index contributed by atoms with van der Waals surface area (Å²) in [7, 11) is 0. The van der Waals surface area contributed by atoms with Crippen molar-refractivity contribution in [3.8, 4) is 0 Å². The van der Waals surface area contributed by atoms with Gasteiger partial charge in [-0.3, -0.25) is 14.6 Å². The van der Waals surface area contributed by atoms with Gasteiger partial charge in [-0.15, -0.1) is 0 Å². The van der Waals surface area contributed by atoms with Gasteiger partial charge in [-0.2, -0.15) is 0 Å². The van der Waals surface area contributed by atoms with Crippen molar-refractivity contribution in [2.24, 2.45) is 0 Å². The maximum Gasteiger partial charge on any atom is 0.289 e. The molecule has 3 heterocycles. The molecule has 1 aliphatic heterocycles. The summed E-state index contributed by atoms with van der Waals surface area (Å²) in [6.45, 7) is 2.38. The molecule has 2 amide bonds. The van der Waals surface area contributed by atoms with Crippen molar-refractivity contribution in [2.75, 3.05) is 36.4 Å². The molecule has 1 fully saturated rings. The molecule has 1 aliphatic rings. The first-order valence-electron chi connectivity index (χ1n) is 9.21. The zero-order chi connectivity index (χ0) is 20.2. The van der Waals surface area contributed by atoms with Crippen LogP contribution in [0.3, 0.4) is 0 Å². The Morgan fingerprint density at radius 3 is 2.48 bits per heavy atom. The first kappa shape index (κ1) is 18.7. The molecule has 0 saturated carbocycles. The SMILES string of the molecule is O=C(Nc1ccc(F)cc1)c1cc(N2CCN(C(=O)c3ccco3)CC2)ccn1. The Balaban J connectivity index is 1.39. The van der Waals surface area contributed by atoms with Gasteiger partial charge in [0.25, 0.3) is 11.8 Å². The van der Waals surface area contributed by atoms with Gasteiger partial charge in [-0.1, -0.05) is 0 Å². The van der Waals surface area contributed by atoms with E-state index in [4.69, 9.17) is 4.42 Å². The summed E-state index contributed by atoms with van der Waals surface area (Å²) in [6.07, 6.45) is 3.06. The van der Waals surface area contributed by atoms with Crippen molar-refractivity contribution in [3.63, 3.8) is 0 Å². The lowest BCUT2D eigenvalue weighted by molar-refractivity contribution is 0.0714. The van der Waals surface area contributed by atoms with E-state index in [9.17, 15) is 14.0 Å². The number of halogens is 1. The van der Waals surface area contributed by atoms with Crippen LogP contribution in [0, 0.1) is 5.82 Å². The maximum absolute atomic E-state index is 13.0. The van der Waals surface area contributed by atoms with Gasteiger partial charge in [0.05, 0.1) is 6.26 Å². The van der Waals surface area contributed by atoms with Crippen LogP contribution in [0.15, 0.2) is 65.4 Å². The van der Waals surface area contributed by atoms with E-state index in [1.807, 2.05) is 6.07 Å². The van der Waals surface area contributed by atoms with Crippen LogP contribution in [-0.2, 0) is 0 Å². The molecule has 29 heavy (non-hydrogen) atoms. The Morgan fingerprint density at radius 1 is 1.03 bits per heavy atom. The highest BCUT2D eigenvalue weighted by atomic mass is 19.1. The van der Waals surface area contributed by atoms with Crippen LogP contribution in [0.2, 0.25) is 0 Å². The topological polar surface area (TPSA) is 78.7 Å².